The molecule has 0 heterocycles. The highest BCUT2D eigenvalue weighted by Gasteiger charge is 2.12. The quantitative estimate of drug-likeness (QED) is 0.628. The Morgan fingerprint density at radius 1 is 1.27 bits per heavy atom. The van der Waals surface area contributed by atoms with Crippen molar-refractivity contribution in [3.8, 4) is 0 Å². The molecule has 11 heavy (non-hydrogen) atoms. The molecule has 66 valence electrons. The lowest BCUT2D eigenvalue weighted by molar-refractivity contribution is -0.122. The summed E-state index contributed by atoms with van der Waals surface area (Å²) in [7, 11) is 0. The van der Waals surface area contributed by atoms with Gasteiger partial charge in [0.05, 0.1) is 6.04 Å². The summed E-state index contributed by atoms with van der Waals surface area (Å²) in [5.74, 6) is 0.379. The number of nitrogens with two attached hydrogens (primary N) is 1. The first-order valence-corrected chi connectivity index (χ1v) is 4.01. The third kappa shape index (κ3) is 3.98. The average Bonchev–Trinajstić information content (AvgIpc) is 1.87. The Kier molecular flexibility index (Phi) is 4.11. The number of hydrogen-bond donors (Lipinski definition) is 2. The predicted molar refractivity (Wildman–Crippen MR) is 46.1 cm³/mol. The second-order valence-corrected chi connectivity index (χ2v) is 3.33. The molecule has 0 aliphatic heterocycles. The van der Waals surface area contributed by atoms with Crippen molar-refractivity contribution < 1.29 is 4.79 Å². The van der Waals surface area contributed by atoms with E-state index in [1.54, 1.807) is 6.92 Å². The summed E-state index contributed by atoms with van der Waals surface area (Å²) in [6.07, 6.45) is 0. The van der Waals surface area contributed by atoms with Crippen molar-refractivity contribution in [1.29, 1.82) is 0 Å². The standard InChI is InChI=1S/C8H18N2O/c1-5(2)7(4)10-8(11)6(3)9/h5-7H,9H2,1-4H3,(H,10,11)/t6-,7?/m0/s1. The topological polar surface area (TPSA) is 55.1 Å². The molecule has 0 aromatic heterocycles. The van der Waals surface area contributed by atoms with Gasteiger partial charge in [-0.25, -0.2) is 0 Å². The lowest BCUT2D eigenvalue weighted by Crippen LogP contribution is -2.44. The maximum Gasteiger partial charge on any atom is 0.236 e. The highest BCUT2D eigenvalue weighted by Crippen LogP contribution is 1.99. The molecule has 0 saturated heterocycles. The minimum absolute atomic E-state index is 0.0776. The van der Waals surface area contributed by atoms with E-state index in [1.165, 1.54) is 0 Å². The minimum atomic E-state index is -0.406. The van der Waals surface area contributed by atoms with Crippen molar-refractivity contribution in [2.24, 2.45) is 11.7 Å². The molecule has 0 saturated carbocycles. The fourth-order valence-corrected chi connectivity index (χ4v) is 0.523. The van der Waals surface area contributed by atoms with E-state index in [1.807, 2.05) is 6.92 Å². The van der Waals surface area contributed by atoms with Crippen LogP contribution in [0.1, 0.15) is 27.7 Å². The molecule has 0 spiro atoms. The first-order valence-electron chi connectivity index (χ1n) is 4.01. The molecule has 0 fully saturated rings. The molecule has 1 unspecified atom stereocenters. The van der Waals surface area contributed by atoms with E-state index in [-0.39, 0.29) is 11.9 Å². The van der Waals surface area contributed by atoms with E-state index in [0.717, 1.165) is 0 Å². The zero-order valence-electron chi connectivity index (χ0n) is 7.72. The lowest BCUT2D eigenvalue weighted by Gasteiger charge is -2.18. The summed E-state index contributed by atoms with van der Waals surface area (Å²) in [6, 6.07) is -0.204. The van der Waals surface area contributed by atoms with Crippen molar-refractivity contribution in [1.82, 2.24) is 5.32 Å². The molecule has 0 aromatic rings. The van der Waals surface area contributed by atoms with Gasteiger partial charge in [0.2, 0.25) is 5.91 Å². The smallest absolute Gasteiger partial charge is 0.236 e. The summed E-state index contributed by atoms with van der Waals surface area (Å²) in [5.41, 5.74) is 5.37. The van der Waals surface area contributed by atoms with E-state index in [0.29, 0.717) is 5.92 Å². The first kappa shape index (κ1) is 10.4. The number of nitrogens with one attached hydrogen (secondary N) is 1. The maximum atomic E-state index is 11.0. The van der Waals surface area contributed by atoms with Crippen LogP contribution in [0, 0.1) is 5.92 Å². The van der Waals surface area contributed by atoms with Gasteiger partial charge in [0.15, 0.2) is 0 Å². The summed E-state index contributed by atoms with van der Waals surface area (Å²) in [5, 5.41) is 2.81. The Labute approximate surface area is 68.3 Å². The van der Waals surface area contributed by atoms with Crippen LogP contribution in [0.2, 0.25) is 0 Å². The fourth-order valence-electron chi connectivity index (χ4n) is 0.523. The molecule has 0 aromatic carbocycles. The minimum Gasteiger partial charge on any atom is -0.352 e. The van der Waals surface area contributed by atoms with Crippen LogP contribution >= 0.6 is 0 Å². The van der Waals surface area contributed by atoms with Gasteiger partial charge in [0.1, 0.15) is 0 Å². The number of hydrogen-bond acceptors (Lipinski definition) is 2. The van der Waals surface area contributed by atoms with Crippen LogP contribution in [0.4, 0.5) is 0 Å². The lowest BCUT2D eigenvalue weighted by atomic mass is 10.1. The molecule has 1 amide bonds. The van der Waals surface area contributed by atoms with Crippen LogP contribution in [0.25, 0.3) is 0 Å². The molecule has 0 rings (SSSR count). The molecule has 3 heteroatoms. The van der Waals surface area contributed by atoms with Crippen molar-refractivity contribution in [3.63, 3.8) is 0 Å². The number of carbonyl (C=O) groups excluding carboxylic acids is 1. The van der Waals surface area contributed by atoms with E-state index >= 15 is 0 Å². The van der Waals surface area contributed by atoms with Crippen molar-refractivity contribution in [3.05, 3.63) is 0 Å². The van der Waals surface area contributed by atoms with E-state index in [9.17, 15) is 4.79 Å². The molecular formula is C8H18N2O. The zero-order chi connectivity index (χ0) is 9.02. The summed E-state index contributed by atoms with van der Waals surface area (Å²) in [6.45, 7) is 7.78. The van der Waals surface area contributed by atoms with Gasteiger partial charge < -0.3 is 11.1 Å². The Balaban J connectivity index is 3.76. The zero-order valence-corrected chi connectivity index (χ0v) is 7.72. The van der Waals surface area contributed by atoms with Crippen LogP contribution < -0.4 is 11.1 Å². The van der Waals surface area contributed by atoms with Gasteiger partial charge >= 0.3 is 0 Å². The molecule has 3 nitrogen and oxygen atoms in total. The normalized spacial score (nSPS) is 16.2. The van der Waals surface area contributed by atoms with E-state index < -0.39 is 6.04 Å². The molecule has 0 aliphatic rings. The van der Waals surface area contributed by atoms with Gasteiger partial charge in [-0.05, 0) is 19.8 Å². The Hall–Kier alpha value is -0.570. The summed E-state index contributed by atoms with van der Waals surface area (Å²) >= 11 is 0. The van der Waals surface area contributed by atoms with Gasteiger partial charge in [-0.2, -0.15) is 0 Å². The SMILES string of the molecule is CC(C)C(C)NC(=O)[C@H](C)N. The predicted octanol–water partition coefficient (Wildman–Crippen LogP) is 0.494. The molecule has 3 N–H and O–H groups in total. The van der Waals surface area contributed by atoms with Crippen molar-refractivity contribution in [2.75, 3.05) is 0 Å². The largest absolute Gasteiger partial charge is 0.352 e. The molecule has 0 bridgehead atoms. The molecule has 2 atom stereocenters. The highest BCUT2D eigenvalue weighted by molar-refractivity contribution is 5.81. The number of rotatable bonds is 3. The van der Waals surface area contributed by atoms with Gasteiger partial charge in [0, 0.05) is 6.04 Å². The Bertz CT molecular complexity index is 132. The van der Waals surface area contributed by atoms with Crippen LogP contribution in [0.5, 0.6) is 0 Å². The second-order valence-electron chi connectivity index (χ2n) is 3.33. The maximum absolute atomic E-state index is 11.0. The highest BCUT2D eigenvalue weighted by atomic mass is 16.2. The molecular weight excluding hydrogens is 140 g/mol. The third-order valence-electron chi connectivity index (χ3n) is 1.78. The monoisotopic (exact) mass is 158 g/mol. The first-order chi connectivity index (χ1) is 4.95. The van der Waals surface area contributed by atoms with Crippen LogP contribution in [-0.2, 0) is 4.79 Å². The summed E-state index contributed by atoms with van der Waals surface area (Å²) in [4.78, 5) is 11.0. The van der Waals surface area contributed by atoms with Crippen molar-refractivity contribution >= 4 is 5.91 Å². The number of amides is 1. The van der Waals surface area contributed by atoms with Crippen molar-refractivity contribution in [2.45, 2.75) is 39.8 Å². The van der Waals surface area contributed by atoms with Crippen LogP contribution in [0.15, 0.2) is 0 Å². The van der Waals surface area contributed by atoms with E-state index in [2.05, 4.69) is 19.2 Å². The second kappa shape index (κ2) is 4.34. The summed E-state index contributed by atoms with van der Waals surface area (Å²) < 4.78 is 0. The Morgan fingerprint density at radius 2 is 1.73 bits per heavy atom. The third-order valence-corrected chi connectivity index (χ3v) is 1.78. The van der Waals surface area contributed by atoms with Gasteiger partial charge in [-0.15, -0.1) is 0 Å². The average molecular weight is 158 g/mol. The number of carbonyl (C=O) groups is 1. The Morgan fingerprint density at radius 3 is 2.00 bits per heavy atom. The van der Waals surface area contributed by atoms with E-state index in [4.69, 9.17) is 5.73 Å². The van der Waals surface area contributed by atoms with Crippen LogP contribution in [0.3, 0.4) is 0 Å². The van der Waals surface area contributed by atoms with Crippen LogP contribution in [-0.4, -0.2) is 18.0 Å². The van der Waals surface area contributed by atoms with Gasteiger partial charge in [-0.3, -0.25) is 4.79 Å². The molecule has 0 radical (unpaired) electrons. The fraction of sp³-hybridized carbons (Fsp3) is 0.875. The van der Waals surface area contributed by atoms with Gasteiger partial charge in [-0.1, -0.05) is 13.8 Å². The van der Waals surface area contributed by atoms with Gasteiger partial charge in [0.25, 0.3) is 0 Å². The molecule has 0 aliphatic carbocycles.